The lowest BCUT2D eigenvalue weighted by atomic mass is 9.84. The number of likely N-dealkylation sites (N-methyl/N-ethyl adjacent to an activating group) is 1. The molecule has 0 bridgehead atoms. The summed E-state index contributed by atoms with van der Waals surface area (Å²) < 4.78 is 0. The first-order valence-electron chi connectivity index (χ1n) is 6.82. The van der Waals surface area contributed by atoms with Crippen LogP contribution in [0.25, 0.3) is 0 Å². The quantitative estimate of drug-likeness (QED) is 0.853. The zero-order valence-corrected chi connectivity index (χ0v) is 12.8. The first-order chi connectivity index (χ1) is 8.86. The van der Waals surface area contributed by atoms with Gasteiger partial charge in [-0.05, 0) is 19.5 Å². The number of nitrogens with zero attached hydrogens (tertiary/aromatic N) is 1. The van der Waals surface area contributed by atoms with Crippen molar-refractivity contribution in [1.82, 2.24) is 10.2 Å². The molecule has 0 fully saturated rings. The van der Waals surface area contributed by atoms with Gasteiger partial charge in [-0.2, -0.15) is 0 Å². The molecule has 0 aromatic heterocycles. The van der Waals surface area contributed by atoms with Crippen LogP contribution in [-0.4, -0.2) is 38.0 Å². The highest BCUT2D eigenvalue weighted by molar-refractivity contribution is 5.76. The van der Waals surface area contributed by atoms with E-state index in [1.807, 2.05) is 19.0 Å². The number of amides is 1. The van der Waals surface area contributed by atoms with Gasteiger partial charge >= 0.3 is 0 Å². The van der Waals surface area contributed by atoms with Crippen LogP contribution in [-0.2, 0) is 10.2 Å². The molecule has 0 aliphatic heterocycles. The van der Waals surface area contributed by atoms with Gasteiger partial charge in [0.05, 0.1) is 0 Å². The SMILES string of the molecule is CNCCC(=O)N(C)CC(C)(C)c1ccc(C)cc1. The Hall–Kier alpha value is -1.35. The van der Waals surface area contributed by atoms with Crippen LogP contribution in [0.1, 0.15) is 31.4 Å². The van der Waals surface area contributed by atoms with Crippen LogP contribution in [0, 0.1) is 6.92 Å². The molecule has 0 saturated heterocycles. The minimum Gasteiger partial charge on any atom is -0.345 e. The fourth-order valence-corrected chi connectivity index (χ4v) is 2.20. The maximum Gasteiger partial charge on any atom is 0.223 e. The summed E-state index contributed by atoms with van der Waals surface area (Å²) in [6.07, 6.45) is 0.553. The highest BCUT2D eigenvalue weighted by Crippen LogP contribution is 2.24. The van der Waals surface area contributed by atoms with E-state index in [1.165, 1.54) is 11.1 Å². The smallest absolute Gasteiger partial charge is 0.223 e. The van der Waals surface area contributed by atoms with Gasteiger partial charge in [0.1, 0.15) is 0 Å². The van der Waals surface area contributed by atoms with E-state index in [9.17, 15) is 4.79 Å². The third-order valence-electron chi connectivity index (χ3n) is 3.48. The number of nitrogens with one attached hydrogen (secondary N) is 1. The van der Waals surface area contributed by atoms with Gasteiger partial charge in [-0.15, -0.1) is 0 Å². The van der Waals surface area contributed by atoms with Crippen molar-refractivity contribution in [2.45, 2.75) is 32.6 Å². The molecule has 0 aliphatic rings. The van der Waals surface area contributed by atoms with Gasteiger partial charge in [-0.1, -0.05) is 43.7 Å². The predicted octanol–water partition coefficient (Wildman–Crippen LogP) is 2.34. The maximum absolute atomic E-state index is 12.0. The molecule has 1 aromatic rings. The van der Waals surface area contributed by atoms with Crippen molar-refractivity contribution >= 4 is 5.91 Å². The summed E-state index contributed by atoms with van der Waals surface area (Å²) in [5, 5.41) is 3.01. The molecule has 106 valence electrons. The van der Waals surface area contributed by atoms with Crippen LogP contribution < -0.4 is 5.32 Å². The van der Waals surface area contributed by atoms with E-state index in [4.69, 9.17) is 0 Å². The van der Waals surface area contributed by atoms with Gasteiger partial charge in [0.2, 0.25) is 5.91 Å². The maximum atomic E-state index is 12.0. The molecule has 19 heavy (non-hydrogen) atoms. The number of carbonyl (C=O) groups is 1. The summed E-state index contributed by atoms with van der Waals surface area (Å²) in [6, 6.07) is 8.56. The van der Waals surface area contributed by atoms with Gasteiger partial charge < -0.3 is 10.2 Å². The predicted molar refractivity (Wildman–Crippen MR) is 80.4 cm³/mol. The Morgan fingerprint density at radius 3 is 2.37 bits per heavy atom. The molecule has 3 heteroatoms. The van der Waals surface area contributed by atoms with Crippen LogP contribution in [0.15, 0.2) is 24.3 Å². The third kappa shape index (κ3) is 4.67. The fraction of sp³-hybridized carbons (Fsp3) is 0.562. The van der Waals surface area contributed by atoms with E-state index in [1.54, 1.807) is 0 Å². The van der Waals surface area contributed by atoms with Crippen molar-refractivity contribution in [1.29, 1.82) is 0 Å². The lowest BCUT2D eigenvalue weighted by Gasteiger charge is -2.31. The van der Waals surface area contributed by atoms with Crippen molar-refractivity contribution in [3.63, 3.8) is 0 Å². The first-order valence-corrected chi connectivity index (χ1v) is 6.82. The van der Waals surface area contributed by atoms with Crippen LogP contribution in [0.2, 0.25) is 0 Å². The molecule has 1 amide bonds. The van der Waals surface area contributed by atoms with Crippen LogP contribution in [0.3, 0.4) is 0 Å². The monoisotopic (exact) mass is 262 g/mol. The molecule has 0 unspecified atom stereocenters. The summed E-state index contributed by atoms with van der Waals surface area (Å²) in [5.41, 5.74) is 2.50. The van der Waals surface area contributed by atoms with E-state index in [0.717, 1.165) is 13.1 Å². The Balaban J connectivity index is 2.68. The Kier molecular flexibility index (Phi) is 5.55. The Bertz CT molecular complexity index is 409. The lowest BCUT2D eigenvalue weighted by Crippen LogP contribution is -2.39. The average molecular weight is 262 g/mol. The highest BCUT2D eigenvalue weighted by Gasteiger charge is 2.24. The van der Waals surface area contributed by atoms with Crippen molar-refractivity contribution in [3.8, 4) is 0 Å². The van der Waals surface area contributed by atoms with Crippen LogP contribution in [0.5, 0.6) is 0 Å². The van der Waals surface area contributed by atoms with E-state index in [2.05, 4.69) is 50.4 Å². The second kappa shape index (κ2) is 6.71. The third-order valence-corrected chi connectivity index (χ3v) is 3.48. The number of hydrogen-bond acceptors (Lipinski definition) is 2. The zero-order valence-electron chi connectivity index (χ0n) is 12.8. The van der Waals surface area contributed by atoms with Crippen molar-refractivity contribution in [2.75, 3.05) is 27.2 Å². The fourth-order valence-electron chi connectivity index (χ4n) is 2.20. The van der Waals surface area contributed by atoms with Gasteiger partial charge in [0.25, 0.3) is 0 Å². The number of benzene rings is 1. The highest BCUT2D eigenvalue weighted by atomic mass is 16.2. The van der Waals surface area contributed by atoms with Gasteiger partial charge in [0, 0.05) is 32.0 Å². The number of aryl methyl sites for hydroxylation is 1. The first kappa shape index (κ1) is 15.7. The largest absolute Gasteiger partial charge is 0.345 e. The number of carbonyl (C=O) groups excluding carboxylic acids is 1. The Morgan fingerprint density at radius 1 is 1.26 bits per heavy atom. The molecule has 0 aliphatic carbocycles. The second-order valence-corrected chi connectivity index (χ2v) is 5.85. The van der Waals surface area contributed by atoms with Crippen molar-refractivity contribution < 1.29 is 4.79 Å². The minimum atomic E-state index is -0.0300. The summed E-state index contributed by atoms with van der Waals surface area (Å²) in [7, 11) is 3.75. The van der Waals surface area contributed by atoms with E-state index in [0.29, 0.717) is 6.42 Å². The molecule has 1 aromatic carbocycles. The van der Waals surface area contributed by atoms with Crippen LogP contribution >= 0.6 is 0 Å². The van der Waals surface area contributed by atoms with E-state index >= 15 is 0 Å². The Morgan fingerprint density at radius 2 is 1.84 bits per heavy atom. The molecule has 0 atom stereocenters. The second-order valence-electron chi connectivity index (χ2n) is 5.85. The number of hydrogen-bond donors (Lipinski definition) is 1. The van der Waals surface area contributed by atoms with E-state index in [-0.39, 0.29) is 11.3 Å². The molecular formula is C16H26N2O. The van der Waals surface area contributed by atoms with Gasteiger partial charge in [-0.3, -0.25) is 4.79 Å². The van der Waals surface area contributed by atoms with Crippen LogP contribution in [0.4, 0.5) is 0 Å². The molecule has 0 radical (unpaired) electrons. The molecule has 0 spiro atoms. The van der Waals surface area contributed by atoms with Crippen molar-refractivity contribution in [2.24, 2.45) is 0 Å². The number of rotatable bonds is 6. The molecule has 0 saturated carbocycles. The minimum absolute atomic E-state index is 0.0300. The average Bonchev–Trinajstić information content (AvgIpc) is 2.35. The summed E-state index contributed by atoms with van der Waals surface area (Å²) in [6.45, 7) is 7.91. The van der Waals surface area contributed by atoms with Gasteiger partial charge in [-0.25, -0.2) is 0 Å². The molecular weight excluding hydrogens is 236 g/mol. The molecule has 0 heterocycles. The zero-order chi connectivity index (χ0) is 14.5. The topological polar surface area (TPSA) is 32.3 Å². The standard InChI is InChI=1S/C16H26N2O/c1-13-6-8-14(9-7-13)16(2,3)12-18(5)15(19)10-11-17-4/h6-9,17H,10-12H2,1-5H3. The van der Waals surface area contributed by atoms with E-state index < -0.39 is 0 Å². The van der Waals surface area contributed by atoms with Crippen molar-refractivity contribution in [3.05, 3.63) is 35.4 Å². The summed E-state index contributed by atoms with van der Waals surface area (Å²) in [5.74, 6) is 0.189. The summed E-state index contributed by atoms with van der Waals surface area (Å²) >= 11 is 0. The van der Waals surface area contributed by atoms with Gasteiger partial charge in [0.15, 0.2) is 0 Å². The molecule has 1 N–H and O–H groups in total. The normalized spacial score (nSPS) is 11.4. The molecule has 1 rings (SSSR count). The lowest BCUT2D eigenvalue weighted by molar-refractivity contribution is -0.130. The summed E-state index contributed by atoms with van der Waals surface area (Å²) in [4.78, 5) is 13.8. The Labute approximate surface area is 117 Å². The molecule has 3 nitrogen and oxygen atoms in total.